The van der Waals surface area contributed by atoms with Gasteiger partial charge in [0.15, 0.2) is 0 Å². The third kappa shape index (κ3) is 3.29. The van der Waals surface area contributed by atoms with Gasteiger partial charge in [0.05, 0.1) is 0 Å². The van der Waals surface area contributed by atoms with Crippen molar-refractivity contribution >= 4 is 22.7 Å². The van der Waals surface area contributed by atoms with Crippen molar-refractivity contribution < 1.29 is 14.0 Å². The predicted octanol–water partition coefficient (Wildman–Crippen LogP) is -1.43. The second-order valence-electron chi connectivity index (χ2n) is 1.02. The summed E-state index contributed by atoms with van der Waals surface area (Å²) in [5.74, 6) is -0.455. The average Bonchev–Trinajstić information content (AvgIpc) is 1.83. The normalized spacial score (nSPS) is 9.50. The molecule has 0 saturated heterocycles. The van der Waals surface area contributed by atoms with Crippen LogP contribution in [0.1, 0.15) is 0 Å². The first-order valence-corrected chi connectivity index (χ1v) is 2.82. The number of hydrogen-bond donors (Lipinski definition) is 0. The lowest BCUT2D eigenvalue weighted by molar-refractivity contribution is -0.128. The Kier molecular flexibility index (Phi) is 3.78. The molecule has 0 heterocycles. The zero-order chi connectivity index (χ0) is 6.41. The largest absolute Gasteiger partial charge is 0.526 e. The van der Waals surface area contributed by atoms with Crippen LogP contribution in [-0.2, 0) is 14.0 Å². The van der Waals surface area contributed by atoms with Crippen molar-refractivity contribution in [3.63, 3.8) is 0 Å². The molecular formula is C4H6O3Si. The van der Waals surface area contributed by atoms with E-state index in [-0.39, 0.29) is 0 Å². The van der Waals surface area contributed by atoms with Gasteiger partial charge in [0, 0.05) is 6.08 Å². The van der Waals surface area contributed by atoms with Gasteiger partial charge in [-0.25, -0.2) is 4.79 Å². The van der Waals surface area contributed by atoms with Gasteiger partial charge in [-0.1, -0.05) is 0 Å². The molecule has 8 heavy (non-hydrogen) atoms. The number of carbonyl (C=O) groups excluding carboxylic acids is 2. The molecule has 0 aromatic carbocycles. The average molecular weight is 130 g/mol. The second-order valence-corrected chi connectivity index (χ2v) is 1.43. The van der Waals surface area contributed by atoms with E-state index in [0.717, 1.165) is 12.2 Å². The van der Waals surface area contributed by atoms with Crippen LogP contribution < -0.4 is 0 Å². The van der Waals surface area contributed by atoms with Crippen molar-refractivity contribution in [3.8, 4) is 0 Å². The van der Waals surface area contributed by atoms with Crippen molar-refractivity contribution in [2.75, 3.05) is 0 Å². The molecule has 44 valence electrons. The van der Waals surface area contributed by atoms with E-state index in [1.165, 1.54) is 0 Å². The SMILES string of the molecule is O=CC=CC(=O)O[SiH3]. The van der Waals surface area contributed by atoms with E-state index in [2.05, 4.69) is 4.43 Å². The van der Waals surface area contributed by atoms with Crippen molar-refractivity contribution in [1.82, 2.24) is 0 Å². The summed E-state index contributed by atoms with van der Waals surface area (Å²) in [7, 11) is 0.373. The highest BCUT2D eigenvalue weighted by Crippen LogP contribution is 1.72. The molecule has 0 aromatic rings. The van der Waals surface area contributed by atoms with E-state index in [9.17, 15) is 9.59 Å². The van der Waals surface area contributed by atoms with Crippen LogP contribution in [0.2, 0.25) is 0 Å². The molecule has 0 aliphatic heterocycles. The monoisotopic (exact) mass is 130 g/mol. The molecule has 3 nitrogen and oxygen atoms in total. The molecule has 0 aliphatic carbocycles. The van der Waals surface area contributed by atoms with Gasteiger partial charge in [-0.15, -0.1) is 0 Å². The lowest BCUT2D eigenvalue weighted by atomic mass is 10.5. The Balaban J connectivity index is 3.52. The van der Waals surface area contributed by atoms with Crippen LogP contribution in [0.5, 0.6) is 0 Å². The van der Waals surface area contributed by atoms with Gasteiger partial charge < -0.3 is 4.43 Å². The minimum Gasteiger partial charge on any atom is -0.526 e. The molecule has 0 fully saturated rings. The third-order valence-electron chi connectivity index (χ3n) is 0.512. The smallest absolute Gasteiger partial charge is 0.316 e. The maximum atomic E-state index is 10.1. The summed E-state index contributed by atoms with van der Waals surface area (Å²) < 4.78 is 4.31. The van der Waals surface area contributed by atoms with Crippen LogP contribution in [0.25, 0.3) is 0 Å². The van der Waals surface area contributed by atoms with E-state index < -0.39 is 5.97 Å². The summed E-state index contributed by atoms with van der Waals surface area (Å²) in [5, 5.41) is 0. The summed E-state index contributed by atoms with van der Waals surface area (Å²) in [6.45, 7) is 0. The lowest BCUT2D eigenvalue weighted by Crippen LogP contribution is -1.94. The summed E-state index contributed by atoms with van der Waals surface area (Å²) >= 11 is 0. The van der Waals surface area contributed by atoms with Gasteiger partial charge in [0.2, 0.25) is 10.5 Å². The van der Waals surface area contributed by atoms with Gasteiger partial charge >= 0.3 is 5.97 Å². The van der Waals surface area contributed by atoms with E-state index in [0.29, 0.717) is 16.8 Å². The number of allylic oxidation sites excluding steroid dienone is 1. The summed E-state index contributed by atoms with van der Waals surface area (Å²) in [6.07, 6.45) is 2.71. The van der Waals surface area contributed by atoms with Gasteiger partial charge in [-0.3, -0.25) is 4.79 Å². The fourth-order valence-electron chi connectivity index (χ4n) is 0.186. The minimum atomic E-state index is -0.455. The Morgan fingerprint density at radius 2 is 2.25 bits per heavy atom. The molecular weight excluding hydrogens is 124 g/mol. The molecule has 0 aromatic heterocycles. The molecule has 0 spiro atoms. The van der Waals surface area contributed by atoms with Crippen LogP contribution in [0, 0.1) is 0 Å². The summed E-state index contributed by atoms with van der Waals surface area (Å²) in [6, 6.07) is 0. The Hall–Kier alpha value is -0.903. The van der Waals surface area contributed by atoms with Gasteiger partial charge in [-0.05, 0) is 6.08 Å². The Labute approximate surface area is 49.9 Å². The third-order valence-corrected chi connectivity index (χ3v) is 0.914. The Morgan fingerprint density at radius 1 is 1.62 bits per heavy atom. The molecule has 4 heteroatoms. The molecule has 0 N–H and O–H groups in total. The van der Waals surface area contributed by atoms with Gasteiger partial charge in [0.1, 0.15) is 6.29 Å². The van der Waals surface area contributed by atoms with Crippen LogP contribution in [0.4, 0.5) is 0 Å². The molecule has 0 aliphatic rings. The highest BCUT2D eigenvalue weighted by atomic mass is 28.2. The van der Waals surface area contributed by atoms with Crippen molar-refractivity contribution in [3.05, 3.63) is 12.2 Å². The van der Waals surface area contributed by atoms with Gasteiger partial charge in [0.25, 0.3) is 0 Å². The molecule has 0 saturated carbocycles. The zero-order valence-electron chi connectivity index (χ0n) is 4.46. The fourth-order valence-corrected chi connectivity index (χ4v) is 0.322. The number of hydrogen-bond acceptors (Lipinski definition) is 3. The molecule has 0 amide bonds. The standard InChI is InChI=1S/C4H6O3Si/c5-3-1-2-4(6)7-8/h1-3H,8H3. The van der Waals surface area contributed by atoms with E-state index in [4.69, 9.17) is 0 Å². The lowest BCUT2D eigenvalue weighted by Gasteiger charge is -1.85. The predicted molar refractivity (Wildman–Crippen MR) is 31.2 cm³/mol. The van der Waals surface area contributed by atoms with Crippen molar-refractivity contribution in [1.29, 1.82) is 0 Å². The van der Waals surface area contributed by atoms with E-state index >= 15 is 0 Å². The van der Waals surface area contributed by atoms with Crippen LogP contribution in [0.15, 0.2) is 12.2 Å². The first-order valence-electron chi connectivity index (χ1n) is 2.01. The van der Waals surface area contributed by atoms with Crippen LogP contribution in [-0.4, -0.2) is 22.7 Å². The quantitative estimate of drug-likeness (QED) is 0.261. The minimum absolute atomic E-state index is 0.373. The van der Waals surface area contributed by atoms with Crippen LogP contribution in [0.3, 0.4) is 0 Å². The highest BCUT2D eigenvalue weighted by Gasteiger charge is 1.85. The number of rotatable bonds is 2. The molecule has 0 rings (SSSR count). The first-order chi connectivity index (χ1) is 3.81. The van der Waals surface area contributed by atoms with E-state index in [1.807, 2.05) is 0 Å². The molecule has 0 radical (unpaired) electrons. The molecule has 0 atom stereocenters. The maximum absolute atomic E-state index is 10.1. The van der Waals surface area contributed by atoms with Gasteiger partial charge in [-0.2, -0.15) is 0 Å². The zero-order valence-corrected chi connectivity index (χ0v) is 6.46. The number of carbonyl (C=O) groups is 2. The first kappa shape index (κ1) is 7.10. The summed E-state index contributed by atoms with van der Waals surface area (Å²) in [5.41, 5.74) is 0. The van der Waals surface area contributed by atoms with E-state index in [1.54, 1.807) is 0 Å². The molecule has 0 unspecified atom stereocenters. The van der Waals surface area contributed by atoms with Crippen molar-refractivity contribution in [2.45, 2.75) is 0 Å². The van der Waals surface area contributed by atoms with Crippen LogP contribution >= 0.6 is 0 Å². The number of aldehydes is 1. The maximum Gasteiger partial charge on any atom is 0.316 e. The molecule has 0 bridgehead atoms. The Bertz CT molecular complexity index is 118. The summed E-state index contributed by atoms with van der Waals surface area (Å²) in [4.78, 5) is 19.7. The topological polar surface area (TPSA) is 43.4 Å². The Morgan fingerprint density at radius 3 is 2.62 bits per heavy atom. The highest BCUT2D eigenvalue weighted by molar-refractivity contribution is 6.08. The fraction of sp³-hybridized carbons (Fsp3) is 0. The van der Waals surface area contributed by atoms with Crippen molar-refractivity contribution in [2.24, 2.45) is 0 Å². The second kappa shape index (κ2) is 4.26.